The van der Waals surface area contributed by atoms with Gasteiger partial charge in [0.05, 0.1) is 13.2 Å². The first kappa shape index (κ1) is 14.0. The Bertz CT molecular complexity index is 534. The third-order valence-electron chi connectivity index (χ3n) is 2.85. The minimum atomic E-state index is -0.667. The van der Waals surface area contributed by atoms with Gasteiger partial charge in [0, 0.05) is 10.9 Å². The first-order valence-corrected chi connectivity index (χ1v) is 6.65. The van der Waals surface area contributed by atoms with Crippen molar-refractivity contribution in [1.82, 2.24) is 0 Å². The van der Waals surface area contributed by atoms with Gasteiger partial charge in [0.2, 0.25) is 0 Å². The van der Waals surface area contributed by atoms with Crippen LogP contribution in [0.25, 0.3) is 0 Å². The maximum atomic E-state index is 13.3. The monoisotopic (exact) mass is 324 g/mol. The zero-order valence-electron chi connectivity index (χ0n) is 10.4. The molecule has 0 aliphatic carbocycles. The molecule has 0 saturated heterocycles. The first-order valence-electron chi connectivity index (χ1n) is 5.85. The summed E-state index contributed by atoms with van der Waals surface area (Å²) in [5.41, 5.74) is 1.52. The third-order valence-corrected chi connectivity index (χ3v) is 3.31. The summed E-state index contributed by atoms with van der Waals surface area (Å²) >= 11 is 3.24. The van der Waals surface area contributed by atoms with E-state index in [9.17, 15) is 9.50 Å². The van der Waals surface area contributed by atoms with Crippen LogP contribution in [0.1, 0.15) is 17.2 Å². The Morgan fingerprint density at radius 3 is 2.47 bits per heavy atom. The molecule has 4 heteroatoms. The van der Waals surface area contributed by atoms with E-state index in [2.05, 4.69) is 15.9 Å². The molecule has 0 fully saturated rings. The molecule has 0 bridgehead atoms. The van der Waals surface area contributed by atoms with Gasteiger partial charge in [0.25, 0.3) is 0 Å². The quantitative estimate of drug-likeness (QED) is 0.925. The average molecular weight is 325 g/mol. The second kappa shape index (κ2) is 6.17. The summed E-state index contributed by atoms with van der Waals surface area (Å²) in [6.07, 6.45) is -0.303. The van der Waals surface area contributed by atoms with Gasteiger partial charge < -0.3 is 9.84 Å². The number of methoxy groups -OCH3 is 1. The van der Waals surface area contributed by atoms with Crippen molar-refractivity contribution in [3.05, 3.63) is 63.9 Å². The van der Waals surface area contributed by atoms with Crippen LogP contribution in [0.5, 0.6) is 5.75 Å². The van der Waals surface area contributed by atoms with Gasteiger partial charge >= 0.3 is 0 Å². The van der Waals surface area contributed by atoms with Crippen molar-refractivity contribution in [3.63, 3.8) is 0 Å². The molecule has 0 aliphatic rings. The molecule has 19 heavy (non-hydrogen) atoms. The van der Waals surface area contributed by atoms with E-state index in [1.807, 2.05) is 0 Å². The molecule has 0 aliphatic heterocycles. The zero-order chi connectivity index (χ0) is 13.8. The Kier molecular flexibility index (Phi) is 4.56. The highest BCUT2D eigenvalue weighted by Crippen LogP contribution is 2.23. The van der Waals surface area contributed by atoms with E-state index in [-0.39, 0.29) is 5.82 Å². The summed E-state index contributed by atoms with van der Waals surface area (Å²) in [7, 11) is 1.59. The van der Waals surface area contributed by atoms with Crippen LogP contribution >= 0.6 is 15.9 Å². The van der Waals surface area contributed by atoms with Crippen molar-refractivity contribution in [1.29, 1.82) is 0 Å². The summed E-state index contributed by atoms with van der Waals surface area (Å²) in [6, 6.07) is 11.8. The summed E-state index contributed by atoms with van der Waals surface area (Å²) in [5.74, 6) is 0.427. The number of benzene rings is 2. The zero-order valence-corrected chi connectivity index (χ0v) is 12.0. The lowest BCUT2D eigenvalue weighted by molar-refractivity contribution is 0.178. The molecule has 0 radical (unpaired) electrons. The van der Waals surface area contributed by atoms with Crippen LogP contribution < -0.4 is 4.74 Å². The molecule has 2 nitrogen and oxygen atoms in total. The van der Waals surface area contributed by atoms with Crippen molar-refractivity contribution in [2.45, 2.75) is 12.5 Å². The van der Waals surface area contributed by atoms with E-state index in [0.29, 0.717) is 10.9 Å². The molecule has 2 rings (SSSR count). The SMILES string of the molecule is COc1ccc(C(O)Cc2cc(F)cc(Br)c2)cc1. The lowest BCUT2D eigenvalue weighted by Crippen LogP contribution is -2.02. The molecule has 1 N–H and O–H groups in total. The summed E-state index contributed by atoms with van der Waals surface area (Å²) in [5, 5.41) is 10.1. The van der Waals surface area contributed by atoms with Crippen molar-refractivity contribution < 1.29 is 14.2 Å². The molecule has 2 aromatic rings. The van der Waals surface area contributed by atoms with E-state index in [1.165, 1.54) is 12.1 Å². The summed E-state index contributed by atoms with van der Waals surface area (Å²) in [4.78, 5) is 0. The summed E-state index contributed by atoms with van der Waals surface area (Å²) < 4.78 is 19.0. The van der Waals surface area contributed by atoms with Crippen LogP contribution in [0, 0.1) is 5.82 Å². The van der Waals surface area contributed by atoms with Crippen LogP contribution in [0.2, 0.25) is 0 Å². The number of rotatable bonds is 4. The van der Waals surface area contributed by atoms with Gasteiger partial charge in [-0.3, -0.25) is 0 Å². The highest BCUT2D eigenvalue weighted by molar-refractivity contribution is 9.10. The molecule has 1 atom stereocenters. The molecule has 0 amide bonds. The maximum Gasteiger partial charge on any atom is 0.124 e. The lowest BCUT2D eigenvalue weighted by Gasteiger charge is -2.12. The van der Waals surface area contributed by atoms with Gasteiger partial charge in [-0.25, -0.2) is 4.39 Å². The van der Waals surface area contributed by atoms with Crippen LogP contribution in [0.3, 0.4) is 0 Å². The second-order valence-corrected chi connectivity index (χ2v) is 5.19. The Hall–Kier alpha value is -1.39. The van der Waals surface area contributed by atoms with Crippen molar-refractivity contribution in [2.24, 2.45) is 0 Å². The number of aliphatic hydroxyl groups is 1. The fourth-order valence-electron chi connectivity index (χ4n) is 1.90. The first-order chi connectivity index (χ1) is 9.08. The molecule has 0 heterocycles. The normalized spacial score (nSPS) is 12.2. The topological polar surface area (TPSA) is 29.5 Å². The molecule has 100 valence electrons. The fraction of sp³-hybridized carbons (Fsp3) is 0.200. The van der Waals surface area contributed by atoms with E-state index in [0.717, 1.165) is 16.9 Å². The van der Waals surface area contributed by atoms with Crippen LogP contribution in [-0.4, -0.2) is 12.2 Å². The van der Waals surface area contributed by atoms with Gasteiger partial charge in [-0.05, 0) is 41.5 Å². The van der Waals surface area contributed by atoms with E-state index in [1.54, 1.807) is 37.4 Å². The standard InChI is InChI=1S/C15H14BrFO2/c1-19-14-4-2-11(3-5-14)15(18)8-10-6-12(16)9-13(17)7-10/h2-7,9,15,18H,8H2,1H3. The fourth-order valence-corrected chi connectivity index (χ4v) is 2.41. The number of aliphatic hydroxyl groups excluding tert-OH is 1. The lowest BCUT2D eigenvalue weighted by atomic mass is 10.0. The van der Waals surface area contributed by atoms with Crippen LogP contribution in [0.15, 0.2) is 46.9 Å². The summed E-state index contributed by atoms with van der Waals surface area (Å²) in [6.45, 7) is 0. The average Bonchev–Trinajstić information content (AvgIpc) is 2.37. The predicted octanol–water partition coefficient (Wildman–Crippen LogP) is 3.87. The van der Waals surface area contributed by atoms with Crippen molar-refractivity contribution >= 4 is 15.9 Å². The highest BCUT2D eigenvalue weighted by Gasteiger charge is 2.10. The Balaban J connectivity index is 2.13. The van der Waals surface area contributed by atoms with Crippen molar-refractivity contribution in [3.8, 4) is 5.75 Å². The van der Waals surface area contributed by atoms with E-state index < -0.39 is 6.10 Å². The number of ether oxygens (including phenoxy) is 1. The Morgan fingerprint density at radius 2 is 1.89 bits per heavy atom. The van der Waals surface area contributed by atoms with E-state index in [4.69, 9.17) is 4.74 Å². The molecular weight excluding hydrogens is 311 g/mol. The molecule has 1 unspecified atom stereocenters. The van der Waals surface area contributed by atoms with Gasteiger partial charge in [0.1, 0.15) is 11.6 Å². The van der Waals surface area contributed by atoms with Gasteiger partial charge in [-0.1, -0.05) is 28.1 Å². The number of halogens is 2. The van der Waals surface area contributed by atoms with Crippen LogP contribution in [0.4, 0.5) is 4.39 Å². The minimum absolute atomic E-state index is 0.314. The smallest absolute Gasteiger partial charge is 0.124 e. The molecule has 0 saturated carbocycles. The molecule has 0 spiro atoms. The predicted molar refractivity (Wildman–Crippen MR) is 75.8 cm³/mol. The number of hydrogen-bond donors (Lipinski definition) is 1. The molecule has 0 aromatic heterocycles. The third kappa shape index (κ3) is 3.78. The minimum Gasteiger partial charge on any atom is -0.497 e. The Morgan fingerprint density at radius 1 is 1.21 bits per heavy atom. The Labute approximate surface area is 120 Å². The van der Waals surface area contributed by atoms with Crippen LogP contribution in [-0.2, 0) is 6.42 Å². The van der Waals surface area contributed by atoms with Gasteiger partial charge in [0.15, 0.2) is 0 Å². The molecular formula is C15H14BrFO2. The maximum absolute atomic E-state index is 13.3. The molecule has 2 aromatic carbocycles. The van der Waals surface area contributed by atoms with E-state index >= 15 is 0 Å². The van der Waals surface area contributed by atoms with Crippen molar-refractivity contribution in [2.75, 3.05) is 7.11 Å². The highest BCUT2D eigenvalue weighted by atomic mass is 79.9. The number of hydrogen-bond acceptors (Lipinski definition) is 2. The largest absolute Gasteiger partial charge is 0.497 e. The van der Waals surface area contributed by atoms with Gasteiger partial charge in [-0.2, -0.15) is 0 Å². The second-order valence-electron chi connectivity index (χ2n) is 4.27. The van der Waals surface area contributed by atoms with Gasteiger partial charge in [-0.15, -0.1) is 0 Å².